The summed E-state index contributed by atoms with van der Waals surface area (Å²) < 4.78 is 10.9. The van der Waals surface area contributed by atoms with Gasteiger partial charge in [-0.05, 0) is 19.3 Å². The highest BCUT2D eigenvalue weighted by Crippen LogP contribution is 2.23. The Hall–Kier alpha value is -0.0800. The van der Waals surface area contributed by atoms with Gasteiger partial charge in [0.25, 0.3) is 0 Å². The molecule has 0 radical (unpaired) electrons. The Morgan fingerprint density at radius 3 is 1.89 bits per heavy atom. The lowest BCUT2D eigenvalue weighted by Crippen LogP contribution is -2.36. The standard InChI is InChI=1S/C7H12O2/c1-3-8-7-2-4-9-6(1)5-7/h6-7H,1-5H2. The Morgan fingerprint density at radius 1 is 0.889 bits per heavy atom. The summed E-state index contributed by atoms with van der Waals surface area (Å²) in [5.41, 5.74) is 0. The van der Waals surface area contributed by atoms with Crippen LogP contribution in [0.25, 0.3) is 0 Å². The fourth-order valence-electron chi connectivity index (χ4n) is 1.56. The van der Waals surface area contributed by atoms with Gasteiger partial charge < -0.3 is 9.47 Å². The lowest BCUT2D eigenvalue weighted by Gasteiger charge is -2.34. The first kappa shape index (κ1) is 5.69. The molecule has 0 amide bonds. The van der Waals surface area contributed by atoms with Crippen LogP contribution in [0.1, 0.15) is 19.3 Å². The van der Waals surface area contributed by atoms with Gasteiger partial charge in [-0.3, -0.25) is 0 Å². The van der Waals surface area contributed by atoms with Crippen molar-refractivity contribution >= 4 is 0 Å². The highest BCUT2D eigenvalue weighted by atomic mass is 16.5. The average Bonchev–Trinajstić information content (AvgIpc) is 1.88. The van der Waals surface area contributed by atoms with Crippen molar-refractivity contribution in [1.29, 1.82) is 0 Å². The molecule has 52 valence electrons. The van der Waals surface area contributed by atoms with E-state index in [4.69, 9.17) is 9.47 Å². The molecule has 2 fully saturated rings. The molecule has 9 heavy (non-hydrogen) atoms. The van der Waals surface area contributed by atoms with E-state index in [1.807, 2.05) is 0 Å². The van der Waals surface area contributed by atoms with E-state index < -0.39 is 0 Å². The largest absolute Gasteiger partial charge is 0.378 e. The maximum atomic E-state index is 5.47. The summed E-state index contributed by atoms with van der Waals surface area (Å²) in [6.45, 7) is 1.82. The molecule has 2 aliphatic rings. The molecule has 2 atom stereocenters. The molecule has 0 aromatic carbocycles. The molecule has 2 bridgehead atoms. The fourth-order valence-corrected chi connectivity index (χ4v) is 1.56. The summed E-state index contributed by atoms with van der Waals surface area (Å²) >= 11 is 0. The fraction of sp³-hybridized carbons (Fsp3) is 1.00. The van der Waals surface area contributed by atoms with Gasteiger partial charge in [-0.15, -0.1) is 0 Å². The van der Waals surface area contributed by atoms with Crippen molar-refractivity contribution in [2.24, 2.45) is 0 Å². The number of ether oxygens (including phenoxy) is 2. The molecule has 0 aromatic rings. The van der Waals surface area contributed by atoms with Crippen LogP contribution in [0.2, 0.25) is 0 Å². The Kier molecular flexibility index (Phi) is 1.44. The maximum Gasteiger partial charge on any atom is 0.0621 e. The zero-order valence-electron chi connectivity index (χ0n) is 5.51. The van der Waals surface area contributed by atoms with E-state index in [1.54, 1.807) is 0 Å². The average molecular weight is 128 g/mol. The van der Waals surface area contributed by atoms with Crippen molar-refractivity contribution in [2.75, 3.05) is 13.2 Å². The monoisotopic (exact) mass is 128 g/mol. The first-order chi connectivity index (χ1) is 4.45. The quantitative estimate of drug-likeness (QED) is 0.483. The van der Waals surface area contributed by atoms with Crippen LogP contribution in [0.4, 0.5) is 0 Å². The first-order valence-corrected chi connectivity index (χ1v) is 3.68. The van der Waals surface area contributed by atoms with Crippen molar-refractivity contribution in [3.05, 3.63) is 0 Å². The third-order valence-corrected chi connectivity index (χ3v) is 2.11. The van der Waals surface area contributed by atoms with Gasteiger partial charge in [-0.1, -0.05) is 0 Å². The Bertz CT molecular complexity index is 83.1. The highest BCUT2D eigenvalue weighted by Gasteiger charge is 2.26. The molecule has 2 nitrogen and oxygen atoms in total. The van der Waals surface area contributed by atoms with E-state index in [-0.39, 0.29) is 0 Å². The van der Waals surface area contributed by atoms with Gasteiger partial charge in [0.15, 0.2) is 0 Å². The minimum absolute atomic E-state index is 0.525. The molecular weight excluding hydrogens is 116 g/mol. The molecule has 2 heteroatoms. The number of rotatable bonds is 0. The molecule has 0 N–H and O–H groups in total. The molecule has 2 aliphatic heterocycles. The zero-order valence-corrected chi connectivity index (χ0v) is 5.51. The van der Waals surface area contributed by atoms with Gasteiger partial charge in [-0.25, -0.2) is 0 Å². The predicted molar refractivity (Wildman–Crippen MR) is 33.3 cm³/mol. The third kappa shape index (κ3) is 1.10. The van der Waals surface area contributed by atoms with Crippen LogP contribution < -0.4 is 0 Å². The van der Waals surface area contributed by atoms with Gasteiger partial charge in [0.05, 0.1) is 12.2 Å². The molecule has 2 saturated heterocycles. The third-order valence-electron chi connectivity index (χ3n) is 2.11. The first-order valence-electron chi connectivity index (χ1n) is 3.68. The smallest absolute Gasteiger partial charge is 0.0621 e. The zero-order chi connectivity index (χ0) is 6.10. The van der Waals surface area contributed by atoms with Crippen molar-refractivity contribution in [1.82, 2.24) is 0 Å². The second kappa shape index (κ2) is 2.27. The minimum atomic E-state index is 0.525. The van der Waals surface area contributed by atoms with Gasteiger partial charge in [0.1, 0.15) is 0 Å². The summed E-state index contributed by atoms with van der Waals surface area (Å²) in [5.74, 6) is 0. The van der Waals surface area contributed by atoms with Crippen LogP contribution in [0.15, 0.2) is 0 Å². The maximum absolute atomic E-state index is 5.47. The summed E-state index contributed by atoms with van der Waals surface area (Å²) in [5, 5.41) is 0. The van der Waals surface area contributed by atoms with Crippen LogP contribution >= 0.6 is 0 Å². The summed E-state index contributed by atoms with van der Waals surface area (Å²) in [7, 11) is 0. The second-order valence-corrected chi connectivity index (χ2v) is 2.80. The minimum Gasteiger partial charge on any atom is -0.378 e. The molecule has 0 aliphatic carbocycles. The van der Waals surface area contributed by atoms with Crippen molar-refractivity contribution in [3.63, 3.8) is 0 Å². The van der Waals surface area contributed by atoms with Crippen LogP contribution in [-0.4, -0.2) is 25.4 Å². The van der Waals surface area contributed by atoms with Gasteiger partial charge >= 0.3 is 0 Å². The van der Waals surface area contributed by atoms with Gasteiger partial charge in [0, 0.05) is 13.2 Å². The van der Waals surface area contributed by atoms with E-state index in [9.17, 15) is 0 Å². The van der Waals surface area contributed by atoms with Crippen molar-refractivity contribution in [3.8, 4) is 0 Å². The Balaban J connectivity index is 1.96. The van der Waals surface area contributed by atoms with E-state index >= 15 is 0 Å². The van der Waals surface area contributed by atoms with Crippen LogP contribution in [0.5, 0.6) is 0 Å². The molecule has 0 saturated carbocycles. The molecule has 0 spiro atoms. The molecular formula is C7H12O2. The summed E-state index contributed by atoms with van der Waals surface area (Å²) in [4.78, 5) is 0. The Morgan fingerprint density at radius 2 is 1.44 bits per heavy atom. The molecule has 2 heterocycles. The van der Waals surface area contributed by atoms with E-state index in [0.717, 1.165) is 32.5 Å². The lowest BCUT2D eigenvalue weighted by molar-refractivity contribution is -0.120. The van der Waals surface area contributed by atoms with Crippen LogP contribution in [0.3, 0.4) is 0 Å². The van der Waals surface area contributed by atoms with E-state index in [1.165, 1.54) is 0 Å². The number of fused-ring (bicyclic) bond motifs is 2. The molecule has 0 aromatic heterocycles. The normalized spacial score (nSPS) is 42.7. The number of hydrogen-bond acceptors (Lipinski definition) is 2. The molecule has 2 unspecified atom stereocenters. The lowest BCUT2D eigenvalue weighted by atomic mass is 10.0. The van der Waals surface area contributed by atoms with Crippen LogP contribution in [-0.2, 0) is 9.47 Å². The van der Waals surface area contributed by atoms with Crippen molar-refractivity contribution in [2.45, 2.75) is 31.5 Å². The summed E-state index contributed by atoms with van der Waals surface area (Å²) in [6.07, 6.45) is 4.41. The second-order valence-electron chi connectivity index (χ2n) is 2.80. The van der Waals surface area contributed by atoms with Gasteiger partial charge in [0.2, 0.25) is 0 Å². The topological polar surface area (TPSA) is 18.5 Å². The predicted octanol–water partition coefficient (Wildman–Crippen LogP) is 0.954. The van der Waals surface area contributed by atoms with Crippen LogP contribution in [0, 0.1) is 0 Å². The molecule has 2 rings (SSSR count). The van der Waals surface area contributed by atoms with Gasteiger partial charge in [-0.2, -0.15) is 0 Å². The summed E-state index contributed by atoms with van der Waals surface area (Å²) in [6, 6.07) is 0. The van der Waals surface area contributed by atoms with E-state index in [0.29, 0.717) is 12.2 Å². The van der Waals surface area contributed by atoms with Crippen molar-refractivity contribution < 1.29 is 9.47 Å². The SMILES string of the molecule is C1CC2CC(CCO2)O1. The number of hydrogen-bond donors (Lipinski definition) is 0. The van der Waals surface area contributed by atoms with E-state index in [2.05, 4.69) is 0 Å². The highest BCUT2D eigenvalue weighted by molar-refractivity contribution is 4.75. The Labute approximate surface area is 55.1 Å².